The summed E-state index contributed by atoms with van der Waals surface area (Å²) < 4.78 is 0. The van der Waals surface area contributed by atoms with Crippen LogP contribution in [0, 0.1) is 13.8 Å². The fraction of sp³-hybridized carbons (Fsp3) is 0.435. The molecule has 0 aliphatic heterocycles. The fourth-order valence-electron chi connectivity index (χ4n) is 3.77. The van der Waals surface area contributed by atoms with Crippen molar-refractivity contribution in [1.82, 2.24) is 0 Å². The quantitative estimate of drug-likeness (QED) is 0.570. The Morgan fingerprint density at radius 2 is 1.85 bits per heavy atom. The lowest BCUT2D eigenvalue weighted by Gasteiger charge is -2.21. The molecule has 2 rings (SSSR count). The summed E-state index contributed by atoms with van der Waals surface area (Å²) in [5, 5.41) is 17.7. The molecule has 0 amide bonds. The fourth-order valence-corrected chi connectivity index (χ4v) is 3.77. The summed E-state index contributed by atoms with van der Waals surface area (Å²) in [6.07, 6.45) is 3.17. The van der Waals surface area contributed by atoms with Crippen LogP contribution in [-0.4, -0.2) is 18.1 Å². The molecule has 0 aliphatic carbocycles. The zero-order chi connectivity index (χ0) is 20.0. The van der Waals surface area contributed by atoms with Crippen molar-refractivity contribution < 1.29 is 9.90 Å². The largest absolute Gasteiger partial charge is 0.481 e. The van der Waals surface area contributed by atoms with Crippen LogP contribution in [0.2, 0.25) is 0 Å². The predicted octanol–water partition coefficient (Wildman–Crippen LogP) is 6.14. The molecule has 0 aliphatic rings. The lowest BCUT2D eigenvalue weighted by molar-refractivity contribution is -0.137. The van der Waals surface area contributed by atoms with E-state index in [1.165, 1.54) is 11.1 Å². The Morgan fingerprint density at radius 3 is 2.44 bits per heavy atom. The van der Waals surface area contributed by atoms with Gasteiger partial charge in [0.05, 0.1) is 12.1 Å². The van der Waals surface area contributed by atoms with Gasteiger partial charge in [0.1, 0.15) is 0 Å². The number of nitrogens with zero attached hydrogens (tertiary/aromatic N) is 2. The maximum Gasteiger partial charge on any atom is 0.304 e. The highest BCUT2D eigenvalue weighted by molar-refractivity contribution is 5.70. The third-order valence-corrected chi connectivity index (χ3v) is 5.16. The number of azo groups is 1. The van der Waals surface area contributed by atoms with Crippen molar-refractivity contribution in [3.05, 3.63) is 63.7 Å². The monoisotopic (exact) mass is 366 g/mol. The highest BCUT2D eigenvalue weighted by Gasteiger charge is 2.22. The summed E-state index contributed by atoms with van der Waals surface area (Å²) in [6, 6.07) is 10.5. The zero-order valence-electron chi connectivity index (χ0n) is 17.0. The summed E-state index contributed by atoms with van der Waals surface area (Å²) in [6.45, 7) is 8.34. The number of carboxylic acids is 1. The molecule has 0 saturated heterocycles. The first-order valence-corrected chi connectivity index (χ1v) is 9.66. The van der Waals surface area contributed by atoms with Crippen LogP contribution in [0.4, 0.5) is 5.69 Å². The van der Waals surface area contributed by atoms with Crippen LogP contribution < -0.4 is 0 Å². The number of rotatable bonds is 8. The Hall–Kier alpha value is -2.49. The van der Waals surface area contributed by atoms with Gasteiger partial charge in [0.2, 0.25) is 0 Å². The zero-order valence-corrected chi connectivity index (χ0v) is 17.0. The van der Waals surface area contributed by atoms with Gasteiger partial charge in [-0.15, -0.1) is 0 Å². The average Bonchev–Trinajstić information content (AvgIpc) is 2.64. The van der Waals surface area contributed by atoms with E-state index >= 15 is 0 Å². The molecule has 4 heteroatoms. The molecule has 0 spiro atoms. The van der Waals surface area contributed by atoms with Crippen molar-refractivity contribution in [2.24, 2.45) is 10.2 Å². The number of aryl methyl sites for hydroxylation is 3. The predicted molar refractivity (Wildman–Crippen MR) is 110 cm³/mol. The maximum absolute atomic E-state index is 11.6. The summed E-state index contributed by atoms with van der Waals surface area (Å²) in [5.41, 5.74) is 7.62. The highest BCUT2D eigenvalue weighted by Crippen LogP contribution is 2.37. The summed E-state index contributed by atoms with van der Waals surface area (Å²) in [7, 11) is 1.65. The molecule has 1 atom stereocenters. The molecular formula is C23H30N2O2. The maximum atomic E-state index is 11.6. The van der Waals surface area contributed by atoms with Gasteiger partial charge >= 0.3 is 5.97 Å². The number of carbonyl (C=O) groups is 1. The van der Waals surface area contributed by atoms with E-state index in [4.69, 9.17) is 0 Å². The van der Waals surface area contributed by atoms with E-state index in [0.717, 1.165) is 47.2 Å². The molecule has 0 radical (unpaired) electrons. The minimum atomic E-state index is -0.797. The first-order valence-electron chi connectivity index (χ1n) is 9.66. The van der Waals surface area contributed by atoms with Crippen molar-refractivity contribution in [1.29, 1.82) is 0 Å². The van der Waals surface area contributed by atoms with E-state index < -0.39 is 5.97 Å². The number of hydrogen-bond donors (Lipinski definition) is 1. The first-order chi connectivity index (χ1) is 12.9. The van der Waals surface area contributed by atoms with Gasteiger partial charge in [-0.25, -0.2) is 0 Å². The second kappa shape index (κ2) is 9.45. The third kappa shape index (κ3) is 4.82. The molecule has 2 aromatic carbocycles. The van der Waals surface area contributed by atoms with E-state index in [-0.39, 0.29) is 12.3 Å². The highest BCUT2D eigenvalue weighted by atomic mass is 16.4. The Labute approximate surface area is 162 Å². The molecule has 1 N–H and O–H groups in total. The third-order valence-electron chi connectivity index (χ3n) is 5.16. The molecule has 0 heterocycles. The van der Waals surface area contributed by atoms with Gasteiger partial charge in [-0.3, -0.25) is 4.79 Å². The van der Waals surface area contributed by atoms with Crippen LogP contribution >= 0.6 is 0 Å². The second-order valence-electron chi connectivity index (χ2n) is 7.03. The van der Waals surface area contributed by atoms with E-state index in [0.29, 0.717) is 0 Å². The molecule has 2 aromatic rings. The van der Waals surface area contributed by atoms with E-state index in [1.807, 2.05) is 26.0 Å². The van der Waals surface area contributed by atoms with Crippen LogP contribution in [-0.2, 0) is 17.6 Å². The van der Waals surface area contributed by atoms with Crippen LogP contribution in [0.15, 0.2) is 40.6 Å². The van der Waals surface area contributed by atoms with E-state index in [2.05, 4.69) is 42.3 Å². The van der Waals surface area contributed by atoms with Gasteiger partial charge in [-0.2, -0.15) is 10.2 Å². The smallest absolute Gasteiger partial charge is 0.304 e. The number of benzene rings is 2. The Morgan fingerprint density at radius 1 is 1.11 bits per heavy atom. The first kappa shape index (κ1) is 20.8. The normalized spacial score (nSPS) is 12.5. The second-order valence-corrected chi connectivity index (χ2v) is 7.03. The molecule has 1 unspecified atom stereocenters. The van der Waals surface area contributed by atoms with Crippen LogP contribution in [0.1, 0.15) is 66.0 Å². The number of aliphatic carboxylic acids is 1. The molecule has 27 heavy (non-hydrogen) atoms. The van der Waals surface area contributed by atoms with Crippen molar-refractivity contribution in [3.8, 4) is 0 Å². The molecule has 0 saturated carbocycles. The number of hydrogen-bond acceptors (Lipinski definition) is 3. The SMILES string of the molecule is CCCc1ccc(C(CC(=O)O)c2ccc(C)c(/N=N\C)c2C)cc1CC. The topological polar surface area (TPSA) is 62.0 Å². The van der Waals surface area contributed by atoms with Crippen molar-refractivity contribution >= 4 is 11.7 Å². The van der Waals surface area contributed by atoms with Gasteiger partial charge in [-0.1, -0.05) is 50.6 Å². The van der Waals surface area contributed by atoms with Gasteiger partial charge in [0.15, 0.2) is 0 Å². The van der Waals surface area contributed by atoms with Crippen molar-refractivity contribution in [2.45, 2.75) is 59.3 Å². The van der Waals surface area contributed by atoms with Crippen molar-refractivity contribution in [3.63, 3.8) is 0 Å². The summed E-state index contributed by atoms with van der Waals surface area (Å²) in [4.78, 5) is 11.6. The van der Waals surface area contributed by atoms with Gasteiger partial charge < -0.3 is 5.11 Å². The average molecular weight is 367 g/mol. The number of carboxylic acid groups (broad SMARTS) is 1. The molecule has 0 fully saturated rings. The Kier molecular flexibility index (Phi) is 7.28. The lowest BCUT2D eigenvalue weighted by atomic mass is 9.83. The lowest BCUT2D eigenvalue weighted by Crippen LogP contribution is -2.10. The van der Waals surface area contributed by atoms with Gasteiger partial charge in [0.25, 0.3) is 0 Å². The molecule has 144 valence electrons. The van der Waals surface area contributed by atoms with E-state index in [1.54, 1.807) is 7.05 Å². The Balaban J connectivity index is 2.60. The van der Waals surface area contributed by atoms with Gasteiger partial charge in [0, 0.05) is 13.0 Å². The standard InChI is InChI=1S/C23H30N2O2/c1-6-8-18-10-11-19(13-17(18)7-2)21(14-22(26)27)20-12-9-15(3)23(16(20)4)25-24-5/h9-13,21H,6-8,14H2,1-5H3,(H,26,27)/b25-24-. The summed E-state index contributed by atoms with van der Waals surface area (Å²) >= 11 is 0. The van der Waals surface area contributed by atoms with E-state index in [9.17, 15) is 9.90 Å². The molecule has 0 bridgehead atoms. The summed E-state index contributed by atoms with van der Waals surface area (Å²) in [5.74, 6) is -0.996. The van der Waals surface area contributed by atoms with Crippen LogP contribution in [0.5, 0.6) is 0 Å². The minimum absolute atomic E-state index is 0.0584. The van der Waals surface area contributed by atoms with Crippen LogP contribution in [0.25, 0.3) is 0 Å². The Bertz CT molecular complexity index is 841. The van der Waals surface area contributed by atoms with Crippen molar-refractivity contribution in [2.75, 3.05) is 7.05 Å². The molecule has 0 aromatic heterocycles. The minimum Gasteiger partial charge on any atom is -0.481 e. The molecular weight excluding hydrogens is 336 g/mol. The van der Waals surface area contributed by atoms with Crippen LogP contribution in [0.3, 0.4) is 0 Å². The van der Waals surface area contributed by atoms with Gasteiger partial charge in [-0.05, 0) is 60.1 Å². The molecule has 4 nitrogen and oxygen atoms in total.